The lowest BCUT2D eigenvalue weighted by Gasteiger charge is -2.29. The summed E-state index contributed by atoms with van der Waals surface area (Å²) < 4.78 is 26.5. The molecule has 18 heavy (non-hydrogen) atoms. The van der Waals surface area contributed by atoms with Crippen LogP contribution >= 0.6 is 0 Å². The molecule has 0 bridgehead atoms. The van der Waals surface area contributed by atoms with Crippen LogP contribution in [0.2, 0.25) is 0 Å². The number of hydrogen-bond donors (Lipinski definition) is 0. The van der Waals surface area contributed by atoms with Crippen LogP contribution in [0.5, 0.6) is 0 Å². The monoisotopic (exact) mass is 250 g/mol. The number of benzene rings is 1. The van der Waals surface area contributed by atoms with E-state index in [9.17, 15) is 8.78 Å². The molecule has 0 N–H and O–H groups in total. The zero-order valence-electron chi connectivity index (χ0n) is 10.4. The third kappa shape index (κ3) is 2.85. The average Bonchev–Trinajstić information content (AvgIpc) is 2.36. The average molecular weight is 250 g/mol. The van der Waals surface area contributed by atoms with Crippen molar-refractivity contribution < 1.29 is 8.78 Å². The molecule has 0 saturated carbocycles. The first-order chi connectivity index (χ1) is 8.60. The Morgan fingerprint density at radius 1 is 1.33 bits per heavy atom. The molecule has 1 heterocycles. The Labute approximate surface area is 106 Å². The highest BCUT2D eigenvalue weighted by Gasteiger charge is 2.18. The molecule has 0 radical (unpaired) electrons. The van der Waals surface area contributed by atoms with Crippen LogP contribution in [-0.4, -0.2) is 25.0 Å². The van der Waals surface area contributed by atoms with Gasteiger partial charge in [-0.05, 0) is 63.0 Å². The van der Waals surface area contributed by atoms with Crippen molar-refractivity contribution >= 4 is 0 Å². The van der Waals surface area contributed by atoms with Gasteiger partial charge in [-0.1, -0.05) is 0 Å². The quantitative estimate of drug-likeness (QED) is 0.807. The van der Waals surface area contributed by atoms with E-state index < -0.39 is 11.6 Å². The Kier molecular flexibility index (Phi) is 3.93. The zero-order valence-corrected chi connectivity index (χ0v) is 10.4. The first-order valence-corrected chi connectivity index (χ1v) is 6.16. The minimum atomic E-state index is -1.04. The highest BCUT2D eigenvalue weighted by molar-refractivity contribution is 5.35. The molecule has 0 aromatic heterocycles. The van der Waals surface area contributed by atoms with Gasteiger partial charge in [-0.3, -0.25) is 0 Å². The van der Waals surface area contributed by atoms with Crippen LogP contribution in [0.3, 0.4) is 0 Å². The summed E-state index contributed by atoms with van der Waals surface area (Å²) >= 11 is 0. The van der Waals surface area contributed by atoms with Crippen LogP contribution in [-0.2, 0) is 6.42 Å². The van der Waals surface area contributed by atoms with E-state index >= 15 is 0 Å². The molecule has 4 heteroatoms. The molecule has 1 aliphatic heterocycles. The first kappa shape index (κ1) is 13.0. The van der Waals surface area contributed by atoms with Gasteiger partial charge in [0.05, 0.1) is 5.56 Å². The van der Waals surface area contributed by atoms with Crippen molar-refractivity contribution in [2.75, 3.05) is 20.1 Å². The standard InChI is InChI=1S/C14H16F2N2/c1-18-4-2-10(3-5-18)6-11-7-12(9-17)14(16)13(15)8-11/h7-8,10H,2-6H2,1H3. The lowest BCUT2D eigenvalue weighted by Crippen LogP contribution is -2.30. The second kappa shape index (κ2) is 5.45. The molecule has 1 aliphatic rings. The number of likely N-dealkylation sites (tertiary alicyclic amines) is 1. The smallest absolute Gasteiger partial charge is 0.176 e. The van der Waals surface area contributed by atoms with Gasteiger partial charge in [-0.15, -0.1) is 0 Å². The topological polar surface area (TPSA) is 27.0 Å². The van der Waals surface area contributed by atoms with Crippen molar-refractivity contribution in [3.05, 3.63) is 34.9 Å². The Morgan fingerprint density at radius 3 is 2.61 bits per heavy atom. The maximum Gasteiger partial charge on any atom is 0.176 e. The summed E-state index contributed by atoms with van der Waals surface area (Å²) in [5.74, 6) is -1.46. The summed E-state index contributed by atoms with van der Waals surface area (Å²) in [6.45, 7) is 2.08. The minimum Gasteiger partial charge on any atom is -0.306 e. The Hall–Kier alpha value is -1.47. The summed E-state index contributed by atoms with van der Waals surface area (Å²) in [6, 6.07) is 4.38. The van der Waals surface area contributed by atoms with Gasteiger partial charge in [0.15, 0.2) is 11.6 Å². The van der Waals surface area contributed by atoms with Crippen molar-refractivity contribution in [1.29, 1.82) is 5.26 Å². The highest BCUT2D eigenvalue weighted by atomic mass is 19.2. The largest absolute Gasteiger partial charge is 0.306 e. The van der Waals surface area contributed by atoms with Crippen molar-refractivity contribution in [1.82, 2.24) is 4.90 Å². The van der Waals surface area contributed by atoms with E-state index in [1.807, 2.05) is 0 Å². The molecule has 2 rings (SSSR count). The van der Waals surface area contributed by atoms with Crippen LogP contribution in [0.25, 0.3) is 0 Å². The van der Waals surface area contributed by atoms with E-state index in [1.54, 1.807) is 6.07 Å². The number of nitriles is 1. The van der Waals surface area contributed by atoms with Crippen LogP contribution < -0.4 is 0 Å². The van der Waals surface area contributed by atoms with Gasteiger partial charge in [-0.2, -0.15) is 5.26 Å². The highest BCUT2D eigenvalue weighted by Crippen LogP contribution is 2.23. The van der Waals surface area contributed by atoms with Gasteiger partial charge in [0.25, 0.3) is 0 Å². The maximum absolute atomic E-state index is 13.3. The molecular weight excluding hydrogens is 234 g/mol. The van der Waals surface area contributed by atoms with Crippen LogP contribution in [0.4, 0.5) is 8.78 Å². The van der Waals surface area contributed by atoms with Gasteiger partial charge in [0.1, 0.15) is 6.07 Å². The van der Waals surface area contributed by atoms with Crippen LogP contribution in [0.1, 0.15) is 24.0 Å². The van der Waals surface area contributed by atoms with Crippen molar-refractivity contribution in [2.45, 2.75) is 19.3 Å². The Morgan fingerprint density at radius 2 is 2.00 bits per heavy atom. The lowest BCUT2D eigenvalue weighted by molar-refractivity contribution is 0.219. The first-order valence-electron chi connectivity index (χ1n) is 6.16. The second-order valence-electron chi connectivity index (χ2n) is 5.00. The van der Waals surface area contributed by atoms with Gasteiger partial charge < -0.3 is 4.90 Å². The molecule has 0 spiro atoms. The Bertz CT molecular complexity index is 471. The van der Waals surface area contributed by atoms with E-state index in [-0.39, 0.29) is 5.56 Å². The van der Waals surface area contributed by atoms with E-state index in [0.29, 0.717) is 5.92 Å². The lowest BCUT2D eigenvalue weighted by atomic mass is 9.90. The fourth-order valence-electron chi connectivity index (χ4n) is 2.44. The zero-order chi connectivity index (χ0) is 13.1. The predicted molar refractivity (Wildman–Crippen MR) is 65.0 cm³/mol. The molecule has 1 aromatic rings. The molecule has 1 aromatic carbocycles. The minimum absolute atomic E-state index is 0.196. The van der Waals surface area contributed by atoms with Crippen LogP contribution in [0, 0.1) is 28.9 Å². The molecule has 0 unspecified atom stereocenters. The summed E-state index contributed by atoms with van der Waals surface area (Å²) in [6.07, 6.45) is 2.86. The van der Waals surface area contributed by atoms with Crippen molar-refractivity contribution in [3.8, 4) is 6.07 Å². The molecule has 1 saturated heterocycles. The summed E-state index contributed by atoms with van der Waals surface area (Å²) in [5.41, 5.74) is 0.526. The summed E-state index contributed by atoms with van der Waals surface area (Å²) in [4.78, 5) is 2.27. The van der Waals surface area contributed by atoms with Gasteiger partial charge >= 0.3 is 0 Å². The predicted octanol–water partition coefficient (Wildman–Crippen LogP) is 2.72. The molecular formula is C14H16F2N2. The van der Waals surface area contributed by atoms with Crippen LogP contribution in [0.15, 0.2) is 12.1 Å². The number of halogens is 2. The van der Waals surface area contributed by atoms with Gasteiger partial charge in [-0.25, -0.2) is 8.78 Å². The molecule has 2 nitrogen and oxygen atoms in total. The van der Waals surface area contributed by atoms with E-state index in [4.69, 9.17) is 5.26 Å². The molecule has 1 fully saturated rings. The number of piperidine rings is 1. The fourth-order valence-corrected chi connectivity index (χ4v) is 2.44. The molecule has 0 aliphatic carbocycles. The van der Waals surface area contributed by atoms with Crippen molar-refractivity contribution in [3.63, 3.8) is 0 Å². The SMILES string of the molecule is CN1CCC(Cc2cc(F)c(F)c(C#N)c2)CC1. The summed E-state index contributed by atoms with van der Waals surface area (Å²) in [5, 5.41) is 8.74. The number of hydrogen-bond acceptors (Lipinski definition) is 2. The second-order valence-corrected chi connectivity index (χ2v) is 5.00. The van der Waals surface area contributed by atoms with Gasteiger partial charge in [0.2, 0.25) is 0 Å². The normalized spacial score (nSPS) is 17.7. The van der Waals surface area contributed by atoms with E-state index in [2.05, 4.69) is 11.9 Å². The third-order valence-electron chi connectivity index (χ3n) is 3.57. The maximum atomic E-state index is 13.3. The number of rotatable bonds is 2. The Balaban J connectivity index is 2.10. The number of nitrogens with zero attached hydrogens (tertiary/aromatic N) is 2. The molecule has 96 valence electrons. The van der Waals surface area contributed by atoms with E-state index in [1.165, 1.54) is 12.1 Å². The molecule has 0 atom stereocenters. The van der Waals surface area contributed by atoms with Crippen molar-refractivity contribution in [2.24, 2.45) is 5.92 Å². The molecule has 0 amide bonds. The van der Waals surface area contributed by atoms with E-state index in [0.717, 1.165) is 37.9 Å². The fraction of sp³-hybridized carbons (Fsp3) is 0.500. The third-order valence-corrected chi connectivity index (χ3v) is 3.57. The summed E-state index contributed by atoms with van der Waals surface area (Å²) in [7, 11) is 2.08. The van der Waals surface area contributed by atoms with Gasteiger partial charge in [0, 0.05) is 0 Å².